The van der Waals surface area contributed by atoms with Crippen molar-refractivity contribution in [2.75, 3.05) is 0 Å². The molecule has 2 aromatic rings. The van der Waals surface area contributed by atoms with Gasteiger partial charge in [0.05, 0.1) is 12.1 Å². The highest BCUT2D eigenvalue weighted by molar-refractivity contribution is 6.31. The first-order valence-corrected chi connectivity index (χ1v) is 8.03. The summed E-state index contributed by atoms with van der Waals surface area (Å²) in [5.74, 6) is -1.09. The van der Waals surface area contributed by atoms with E-state index in [0.29, 0.717) is 5.56 Å². The number of nitrogens with zero attached hydrogens (tertiary/aromatic N) is 2. The van der Waals surface area contributed by atoms with Crippen LogP contribution in [0.15, 0.2) is 53.6 Å². The number of hydrogen-bond acceptors (Lipinski definition) is 3. The number of halogens is 4. The number of aliphatic hydroxyl groups is 1. The fourth-order valence-corrected chi connectivity index (χ4v) is 2.82. The summed E-state index contributed by atoms with van der Waals surface area (Å²) < 4.78 is 40.7. The molecule has 1 amide bonds. The molecule has 8 heteroatoms. The maximum Gasteiger partial charge on any atom is 0.438 e. The van der Waals surface area contributed by atoms with Gasteiger partial charge in [-0.3, -0.25) is 4.79 Å². The Bertz CT molecular complexity index is 881. The molecule has 0 radical (unpaired) electrons. The van der Waals surface area contributed by atoms with E-state index in [-0.39, 0.29) is 21.3 Å². The smallest absolute Gasteiger partial charge is 0.362 e. The number of benzene rings is 2. The molecule has 0 aliphatic carbocycles. The summed E-state index contributed by atoms with van der Waals surface area (Å²) in [5.41, 5.74) is -2.23. The van der Waals surface area contributed by atoms with Crippen molar-refractivity contribution in [1.82, 2.24) is 5.01 Å². The van der Waals surface area contributed by atoms with Crippen molar-refractivity contribution in [3.63, 3.8) is 0 Å². The Labute approximate surface area is 152 Å². The van der Waals surface area contributed by atoms with Crippen molar-refractivity contribution in [3.05, 3.63) is 70.2 Å². The maximum atomic E-state index is 13.6. The average Bonchev–Trinajstić information content (AvgIpc) is 2.94. The number of rotatable bonds is 2. The minimum atomic E-state index is -5.09. The Morgan fingerprint density at radius 2 is 1.88 bits per heavy atom. The van der Waals surface area contributed by atoms with Crippen LogP contribution < -0.4 is 0 Å². The van der Waals surface area contributed by atoms with Crippen LogP contribution in [0.2, 0.25) is 5.02 Å². The summed E-state index contributed by atoms with van der Waals surface area (Å²) >= 11 is 5.80. The van der Waals surface area contributed by atoms with Crippen LogP contribution in [0.3, 0.4) is 0 Å². The molecule has 26 heavy (non-hydrogen) atoms. The van der Waals surface area contributed by atoms with Crippen LogP contribution in [0.25, 0.3) is 0 Å². The molecule has 1 N–H and O–H groups in total. The molecule has 0 fully saturated rings. The zero-order chi connectivity index (χ0) is 19.1. The first kappa shape index (κ1) is 18.4. The summed E-state index contributed by atoms with van der Waals surface area (Å²) in [5, 5.41) is 14.4. The van der Waals surface area contributed by atoms with Crippen molar-refractivity contribution in [2.24, 2.45) is 5.10 Å². The van der Waals surface area contributed by atoms with E-state index in [4.69, 9.17) is 11.6 Å². The van der Waals surface area contributed by atoms with E-state index in [0.717, 1.165) is 5.56 Å². The Morgan fingerprint density at radius 1 is 1.23 bits per heavy atom. The second-order valence-electron chi connectivity index (χ2n) is 6.03. The molecule has 0 spiro atoms. The molecule has 0 aromatic heterocycles. The molecule has 2 aromatic carbocycles. The number of aryl methyl sites for hydroxylation is 1. The Hall–Kier alpha value is -2.38. The van der Waals surface area contributed by atoms with E-state index >= 15 is 0 Å². The van der Waals surface area contributed by atoms with Gasteiger partial charge in [-0.1, -0.05) is 47.5 Å². The van der Waals surface area contributed by atoms with Crippen LogP contribution >= 0.6 is 11.6 Å². The molecule has 4 nitrogen and oxygen atoms in total. The fraction of sp³-hybridized carbons (Fsp3) is 0.222. The van der Waals surface area contributed by atoms with Crippen molar-refractivity contribution in [3.8, 4) is 0 Å². The second kappa shape index (κ2) is 6.41. The normalized spacial score (nSPS) is 20.2. The number of hydrogen-bond donors (Lipinski definition) is 1. The van der Waals surface area contributed by atoms with Crippen LogP contribution in [0, 0.1) is 6.92 Å². The number of carbonyl (C=O) groups excluding carboxylic acids is 1. The number of amides is 1. The van der Waals surface area contributed by atoms with E-state index in [1.807, 2.05) is 6.92 Å². The molecule has 1 heterocycles. The van der Waals surface area contributed by atoms with Crippen LogP contribution in [0.5, 0.6) is 0 Å². The molecular formula is C18H14ClF3N2O2. The van der Waals surface area contributed by atoms with Gasteiger partial charge < -0.3 is 5.11 Å². The van der Waals surface area contributed by atoms with E-state index in [9.17, 15) is 23.1 Å². The van der Waals surface area contributed by atoms with Gasteiger partial charge in [-0.25, -0.2) is 0 Å². The summed E-state index contributed by atoms with van der Waals surface area (Å²) in [7, 11) is 0. The highest BCUT2D eigenvalue weighted by Gasteiger charge is 2.63. The molecule has 1 aliphatic heterocycles. The van der Waals surface area contributed by atoms with Crippen LogP contribution in [-0.2, 0) is 0 Å². The minimum Gasteiger partial charge on any atom is -0.362 e. The van der Waals surface area contributed by atoms with Crippen molar-refractivity contribution < 1.29 is 23.1 Å². The van der Waals surface area contributed by atoms with Crippen LogP contribution in [0.1, 0.15) is 27.9 Å². The van der Waals surface area contributed by atoms with Crippen molar-refractivity contribution in [1.29, 1.82) is 0 Å². The lowest BCUT2D eigenvalue weighted by molar-refractivity contribution is -0.297. The van der Waals surface area contributed by atoms with Gasteiger partial charge in [0.15, 0.2) is 0 Å². The van der Waals surface area contributed by atoms with E-state index in [1.54, 1.807) is 24.3 Å². The summed E-state index contributed by atoms with van der Waals surface area (Å²) in [4.78, 5) is 12.6. The summed E-state index contributed by atoms with van der Waals surface area (Å²) in [6.07, 6.45) is -5.94. The quantitative estimate of drug-likeness (QED) is 0.848. The standard InChI is InChI=1S/C18H14ClF3N2O2/c1-11-5-7-12(8-6-11)15-10-17(26,18(20,21)22)24(23-15)16(25)13-3-2-4-14(19)9-13/h2-9,26H,10H2,1H3. The zero-order valence-electron chi connectivity index (χ0n) is 13.6. The Kier molecular flexibility index (Phi) is 4.54. The molecule has 0 saturated heterocycles. The van der Waals surface area contributed by atoms with Crippen molar-refractivity contribution in [2.45, 2.75) is 25.2 Å². The topological polar surface area (TPSA) is 52.9 Å². The average molecular weight is 383 g/mol. The van der Waals surface area contributed by atoms with Crippen LogP contribution in [0.4, 0.5) is 13.2 Å². The lowest BCUT2D eigenvalue weighted by Gasteiger charge is -2.32. The third-order valence-corrected chi connectivity index (χ3v) is 4.32. The van der Waals surface area contributed by atoms with E-state index in [2.05, 4.69) is 5.10 Å². The first-order valence-electron chi connectivity index (χ1n) is 7.65. The lowest BCUT2D eigenvalue weighted by Crippen LogP contribution is -2.56. The predicted molar refractivity (Wildman–Crippen MR) is 91.0 cm³/mol. The molecular weight excluding hydrogens is 369 g/mol. The maximum absolute atomic E-state index is 13.6. The van der Waals surface area contributed by atoms with E-state index < -0.39 is 24.2 Å². The van der Waals surface area contributed by atoms with Crippen molar-refractivity contribution >= 4 is 23.2 Å². The van der Waals surface area contributed by atoms with Gasteiger partial charge in [-0.15, -0.1) is 0 Å². The fourth-order valence-electron chi connectivity index (χ4n) is 2.63. The largest absolute Gasteiger partial charge is 0.438 e. The van der Waals surface area contributed by atoms with Gasteiger partial charge in [-0.05, 0) is 30.7 Å². The SMILES string of the molecule is Cc1ccc(C2=NN(C(=O)c3cccc(Cl)c3)C(O)(C(F)(F)F)C2)cc1. The van der Waals surface area contributed by atoms with Gasteiger partial charge in [-0.2, -0.15) is 23.3 Å². The highest BCUT2D eigenvalue weighted by Crippen LogP contribution is 2.42. The molecule has 136 valence electrons. The molecule has 3 rings (SSSR count). The lowest BCUT2D eigenvalue weighted by atomic mass is 10.00. The summed E-state index contributed by atoms with van der Waals surface area (Å²) in [6.45, 7) is 1.83. The third-order valence-electron chi connectivity index (χ3n) is 4.09. The number of alkyl halides is 3. The molecule has 0 saturated carbocycles. The van der Waals surface area contributed by atoms with Gasteiger partial charge in [0.25, 0.3) is 11.6 Å². The van der Waals surface area contributed by atoms with Gasteiger partial charge in [0.1, 0.15) is 0 Å². The minimum absolute atomic E-state index is 0.0276. The molecule has 0 bridgehead atoms. The molecule has 1 atom stereocenters. The number of hydrazone groups is 1. The third kappa shape index (κ3) is 3.20. The van der Waals surface area contributed by atoms with Gasteiger partial charge in [0.2, 0.25) is 0 Å². The van der Waals surface area contributed by atoms with Gasteiger partial charge >= 0.3 is 6.18 Å². The van der Waals surface area contributed by atoms with Gasteiger partial charge in [0, 0.05) is 10.6 Å². The molecule has 1 aliphatic rings. The second-order valence-corrected chi connectivity index (χ2v) is 6.47. The Balaban J connectivity index is 2.05. The summed E-state index contributed by atoms with van der Waals surface area (Å²) in [6, 6.07) is 12.1. The highest BCUT2D eigenvalue weighted by atomic mass is 35.5. The Morgan fingerprint density at radius 3 is 2.46 bits per heavy atom. The zero-order valence-corrected chi connectivity index (χ0v) is 14.3. The van der Waals surface area contributed by atoms with Crippen LogP contribution in [-0.4, -0.2) is 33.6 Å². The predicted octanol–water partition coefficient (Wildman–Crippen LogP) is 4.15. The molecule has 1 unspecified atom stereocenters. The first-order chi connectivity index (χ1) is 12.1. The monoisotopic (exact) mass is 382 g/mol. The number of carbonyl (C=O) groups is 1. The van der Waals surface area contributed by atoms with E-state index in [1.165, 1.54) is 24.3 Å².